The molecule has 0 aliphatic carbocycles. The van der Waals surface area contributed by atoms with Crippen molar-refractivity contribution in [3.05, 3.63) is 40.6 Å². The Labute approximate surface area is 181 Å². The predicted molar refractivity (Wildman–Crippen MR) is 118 cm³/mol. The van der Waals surface area contributed by atoms with Crippen LogP contribution in [-0.4, -0.2) is 50.6 Å². The van der Waals surface area contributed by atoms with E-state index >= 15 is 0 Å². The highest BCUT2D eigenvalue weighted by atomic mass is 32.1. The molecule has 0 bridgehead atoms. The average molecular weight is 432 g/mol. The summed E-state index contributed by atoms with van der Waals surface area (Å²) in [4.78, 5) is 27.3. The van der Waals surface area contributed by atoms with E-state index in [0.717, 1.165) is 25.9 Å². The van der Waals surface area contributed by atoms with Crippen LogP contribution in [0.4, 0.5) is 5.69 Å². The van der Waals surface area contributed by atoms with E-state index in [0.29, 0.717) is 23.7 Å². The molecule has 0 radical (unpaired) electrons. The molecule has 1 aliphatic heterocycles. The van der Waals surface area contributed by atoms with Crippen LogP contribution < -0.4 is 20.1 Å². The summed E-state index contributed by atoms with van der Waals surface area (Å²) in [5.74, 6) is -0.326. The van der Waals surface area contributed by atoms with Crippen LogP contribution in [0, 0.1) is 0 Å². The van der Waals surface area contributed by atoms with Gasteiger partial charge < -0.3 is 20.1 Å². The fourth-order valence-corrected chi connectivity index (χ4v) is 4.41. The molecular weight excluding hydrogens is 402 g/mol. The second kappa shape index (κ2) is 11.0. The van der Waals surface area contributed by atoms with Gasteiger partial charge in [-0.05, 0) is 60.5 Å². The van der Waals surface area contributed by atoms with Crippen molar-refractivity contribution in [3.63, 3.8) is 0 Å². The molecule has 1 aromatic heterocycles. The lowest BCUT2D eigenvalue weighted by Gasteiger charge is -2.30. The summed E-state index contributed by atoms with van der Waals surface area (Å²) >= 11 is 1.65. The maximum atomic E-state index is 12.5. The van der Waals surface area contributed by atoms with Crippen LogP contribution in [0.25, 0.3) is 0 Å². The van der Waals surface area contributed by atoms with E-state index in [2.05, 4.69) is 27.0 Å². The quantitative estimate of drug-likeness (QED) is 0.657. The predicted octanol–water partition coefficient (Wildman–Crippen LogP) is 3.44. The Morgan fingerprint density at radius 2 is 1.77 bits per heavy atom. The molecule has 1 atom stereocenters. The van der Waals surface area contributed by atoms with Crippen molar-refractivity contribution in [2.75, 3.05) is 39.2 Å². The molecule has 2 amide bonds. The molecule has 1 aliphatic rings. The van der Waals surface area contributed by atoms with Crippen LogP contribution in [0.5, 0.6) is 11.5 Å². The van der Waals surface area contributed by atoms with Crippen LogP contribution in [0.1, 0.15) is 37.3 Å². The number of likely N-dealkylation sites (tertiary alicyclic amines) is 1. The maximum absolute atomic E-state index is 12.5. The number of hydrogen-bond donors (Lipinski definition) is 2. The molecule has 1 saturated heterocycles. The number of carbonyl (C=O) groups excluding carboxylic acids is 2. The molecule has 8 heteroatoms. The molecule has 3 rings (SSSR count). The van der Waals surface area contributed by atoms with Gasteiger partial charge in [-0.1, -0.05) is 12.8 Å². The van der Waals surface area contributed by atoms with Crippen LogP contribution in [0.3, 0.4) is 0 Å². The van der Waals surface area contributed by atoms with Crippen LogP contribution >= 0.6 is 11.3 Å². The second-order valence-corrected chi connectivity index (χ2v) is 8.04. The molecular formula is C22H29N3O4S. The number of rotatable bonds is 7. The fourth-order valence-electron chi connectivity index (χ4n) is 3.70. The van der Waals surface area contributed by atoms with E-state index in [-0.39, 0.29) is 6.04 Å². The highest BCUT2D eigenvalue weighted by molar-refractivity contribution is 7.08. The molecule has 1 unspecified atom stereocenters. The van der Waals surface area contributed by atoms with Gasteiger partial charge in [-0.3, -0.25) is 14.5 Å². The first-order valence-electron chi connectivity index (χ1n) is 10.2. The summed E-state index contributed by atoms with van der Waals surface area (Å²) in [7, 11) is 3.06. The lowest BCUT2D eigenvalue weighted by atomic mass is 10.1. The number of nitrogens with zero attached hydrogens (tertiary/aromatic N) is 1. The minimum Gasteiger partial charge on any atom is -0.493 e. The smallest absolute Gasteiger partial charge is 0.313 e. The topological polar surface area (TPSA) is 79.9 Å². The molecule has 2 N–H and O–H groups in total. The van der Waals surface area contributed by atoms with Gasteiger partial charge in [0.25, 0.3) is 0 Å². The standard InChI is InChI=1S/C22H29N3O4S/c1-28-19-8-7-17(13-20(19)29-2)24-22(27)21(26)23-14-18(16-9-12-30-15-16)25-10-5-3-4-6-11-25/h7-9,12-13,15,18H,3-6,10-11,14H2,1-2H3,(H,23,26)(H,24,27). The lowest BCUT2D eigenvalue weighted by molar-refractivity contribution is -0.136. The number of anilines is 1. The Morgan fingerprint density at radius 3 is 2.40 bits per heavy atom. The Hall–Kier alpha value is -2.58. The summed E-state index contributed by atoms with van der Waals surface area (Å²) in [5, 5.41) is 9.60. The zero-order valence-electron chi connectivity index (χ0n) is 17.5. The number of benzene rings is 1. The van der Waals surface area contributed by atoms with E-state index in [9.17, 15) is 9.59 Å². The van der Waals surface area contributed by atoms with Crippen molar-refractivity contribution in [3.8, 4) is 11.5 Å². The zero-order chi connectivity index (χ0) is 21.3. The third-order valence-electron chi connectivity index (χ3n) is 5.31. The molecule has 162 valence electrons. The minimum absolute atomic E-state index is 0.0761. The van der Waals surface area contributed by atoms with Gasteiger partial charge in [-0.25, -0.2) is 0 Å². The minimum atomic E-state index is -0.706. The summed E-state index contributed by atoms with van der Waals surface area (Å²) < 4.78 is 10.4. The molecule has 0 saturated carbocycles. The van der Waals surface area contributed by atoms with Gasteiger partial charge in [0.15, 0.2) is 11.5 Å². The van der Waals surface area contributed by atoms with Gasteiger partial charge >= 0.3 is 11.8 Å². The number of nitrogens with one attached hydrogen (secondary N) is 2. The third-order valence-corrected chi connectivity index (χ3v) is 6.01. The molecule has 7 nitrogen and oxygen atoms in total. The summed E-state index contributed by atoms with van der Waals surface area (Å²) in [6, 6.07) is 7.13. The van der Waals surface area contributed by atoms with Crippen LogP contribution in [-0.2, 0) is 9.59 Å². The van der Waals surface area contributed by atoms with E-state index in [1.54, 1.807) is 29.5 Å². The van der Waals surface area contributed by atoms with Crippen molar-refractivity contribution < 1.29 is 19.1 Å². The van der Waals surface area contributed by atoms with Crippen LogP contribution in [0.15, 0.2) is 35.0 Å². The van der Waals surface area contributed by atoms with Crippen molar-refractivity contribution >= 4 is 28.8 Å². The number of ether oxygens (including phenoxy) is 2. The number of carbonyl (C=O) groups is 2. The fraction of sp³-hybridized carbons (Fsp3) is 0.455. The maximum Gasteiger partial charge on any atom is 0.313 e. The zero-order valence-corrected chi connectivity index (χ0v) is 18.3. The third kappa shape index (κ3) is 5.73. The first-order chi connectivity index (χ1) is 14.6. The van der Waals surface area contributed by atoms with Crippen LogP contribution in [0.2, 0.25) is 0 Å². The Bertz CT molecular complexity index is 833. The van der Waals surface area contributed by atoms with E-state index in [4.69, 9.17) is 9.47 Å². The van der Waals surface area contributed by atoms with Crippen molar-refractivity contribution in [2.24, 2.45) is 0 Å². The molecule has 1 fully saturated rings. The van der Waals surface area contributed by atoms with Gasteiger partial charge in [0.05, 0.1) is 20.3 Å². The van der Waals surface area contributed by atoms with Gasteiger partial charge in [0.2, 0.25) is 0 Å². The van der Waals surface area contributed by atoms with Gasteiger partial charge in [-0.15, -0.1) is 0 Å². The Kier molecular flexibility index (Phi) is 8.10. The summed E-state index contributed by atoms with van der Waals surface area (Å²) in [6.07, 6.45) is 4.81. The number of methoxy groups -OCH3 is 2. The SMILES string of the molecule is COc1ccc(NC(=O)C(=O)NCC(c2ccsc2)N2CCCCCC2)cc1OC. The first kappa shape index (κ1) is 22.1. The Balaban J connectivity index is 1.61. The average Bonchev–Trinajstić information content (AvgIpc) is 3.16. The van der Waals surface area contributed by atoms with E-state index in [1.165, 1.54) is 32.6 Å². The van der Waals surface area contributed by atoms with Crippen molar-refractivity contribution in [2.45, 2.75) is 31.7 Å². The lowest BCUT2D eigenvalue weighted by Crippen LogP contribution is -2.42. The van der Waals surface area contributed by atoms with Gasteiger partial charge in [-0.2, -0.15) is 11.3 Å². The highest BCUT2D eigenvalue weighted by Gasteiger charge is 2.24. The molecule has 0 spiro atoms. The molecule has 2 aromatic rings. The normalized spacial score (nSPS) is 15.7. The van der Waals surface area contributed by atoms with Crippen molar-refractivity contribution in [1.29, 1.82) is 0 Å². The second-order valence-electron chi connectivity index (χ2n) is 7.26. The molecule has 30 heavy (non-hydrogen) atoms. The summed E-state index contributed by atoms with van der Waals surface area (Å²) in [6.45, 7) is 2.41. The van der Waals surface area contributed by atoms with Gasteiger partial charge in [0.1, 0.15) is 0 Å². The van der Waals surface area contributed by atoms with Gasteiger partial charge in [0, 0.05) is 18.3 Å². The Morgan fingerprint density at radius 1 is 1.03 bits per heavy atom. The number of thiophene rings is 1. The molecule has 1 aromatic carbocycles. The first-order valence-corrected chi connectivity index (χ1v) is 11.1. The highest BCUT2D eigenvalue weighted by Crippen LogP contribution is 2.30. The van der Waals surface area contributed by atoms with Crippen molar-refractivity contribution in [1.82, 2.24) is 10.2 Å². The van der Waals surface area contributed by atoms with E-state index in [1.807, 2.05) is 5.38 Å². The summed E-state index contributed by atoms with van der Waals surface area (Å²) in [5.41, 5.74) is 1.65. The molecule has 2 heterocycles. The monoisotopic (exact) mass is 431 g/mol. The largest absolute Gasteiger partial charge is 0.493 e. The number of hydrogen-bond acceptors (Lipinski definition) is 6. The number of amides is 2. The van der Waals surface area contributed by atoms with E-state index < -0.39 is 11.8 Å².